The fourth-order valence-electron chi connectivity index (χ4n) is 2.47. The van der Waals surface area contributed by atoms with E-state index in [1.54, 1.807) is 45.6 Å². The van der Waals surface area contributed by atoms with E-state index in [9.17, 15) is 9.59 Å². The summed E-state index contributed by atoms with van der Waals surface area (Å²) in [6.07, 6.45) is 5.54. The Morgan fingerprint density at radius 3 is 2.60 bits per heavy atom. The van der Waals surface area contributed by atoms with Crippen LogP contribution >= 0.6 is 31.9 Å². The number of nitrogens with zero attached hydrogens (tertiary/aromatic N) is 4. The molecule has 9 heteroatoms. The van der Waals surface area contributed by atoms with E-state index in [1.165, 1.54) is 0 Å². The SMILES string of the molecule is O=Cc1nc(OC(=O)c2ncc3cc(Br)ccn23)c2cc(Br)ccn12. The molecule has 0 amide bonds. The Morgan fingerprint density at radius 1 is 1.12 bits per heavy atom. The van der Waals surface area contributed by atoms with Crippen LogP contribution in [0.1, 0.15) is 21.2 Å². The molecule has 4 aromatic rings. The molecule has 0 saturated carbocycles. The highest BCUT2D eigenvalue weighted by Crippen LogP contribution is 2.24. The molecule has 25 heavy (non-hydrogen) atoms. The van der Waals surface area contributed by atoms with Gasteiger partial charge in [-0.3, -0.25) is 13.6 Å². The van der Waals surface area contributed by atoms with Gasteiger partial charge in [-0.1, -0.05) is 31.9 Å². The summed E-state index contributed by atoms with van der Waals surface area (Å²) in [5, 5.41) is 0. The Hall–Kier alpha value is -2.52. The first-order valence-corrected chi connectivity index (χ1v) is 8.63. The summed E-state index contributed by atoms with van der Waals surface area (Å²) in [6.45, 7) is 0. The van der Waals surface area contributed by atoms with Crippen molar-refractivity contribution in [3.05, 3.63) is 63.5 Å². The number of fused-ring (bicyclic) bond motifs is 2. The number of hydrogen-bond donors (Lipinski definition) is 0. The molecule has 0 aliphatic heterocycles. The molecule has 0 spiro atoms. The molecular formula is C16H8Br2N4O3. The Labute approximate surface area is 157 Å². The third-order valence-electron chi connectivity index (χ3n) is 3.57. The zero-order valence-corrected chi connectivity index (χ0v) is 15.6. The second kappa shape index (κ2) is 6.08. The number of aromatic nitrogens is 4. The number of hydrogen-bond acceptors (Lipinski definition) is 5. The molecule has 0 aliphatic carbocycles. The normalized spacial score (nSPS) is 11.1. The van der Waals surface area contributed by atoms with E-state index in [1.807, 2.05) is 6.07 Å². The Kier molecular flexibility index (Phi) is 3.89. The van der Waals surface area contributed by atoms with Gasteiger partial charge in [0, 0.05) is 21.3 Å². The van der Waals surface area contributed by atoms with E-state index < -0.39 is 5.97 Å². The Balaban J connectivity index is 1.76. The maximum Gasteiger partial charge on any atom is 0.381 e. The lowest BCUT2D eigenvalue weighted by Gasteiger charge is -2.02. The number of rotatable bonds is 3. The molecule has 4 rings (SSSR count). The van der Waals surface area contributed by atoms with Gasteiger partial charge in [-0.15, -0.1) is 0 Å². The van der Waals surface area contributed by atoms with Gasteiger partial charge in [-0.2, -0.15) is 4.98 Å². The molecule has 0 aromatic carbocycles. The van der Waals surface area contributed by atoms with Gasteiger partial charge in [-0.25, -0.2) is 9.78 Å². The van der Waals surface area contributed by atoms with Gasteiger partial charge < -0.3 is 4.74 Å². The van der Waals surface area contributed by atoms with Crippen LogP contribution in [0.5, 0.6) is 5.88 Å². The standard InChI is InChI=1S/C16H8Br2N4O3/c17-9-1-3-21-11(5-9)7-19-14(21)16(24)25-15-12-6-10(18)2-4-22(12)13(8-23)20-15/h1-8H. The molecule has 4 heterocycles. The molecule has 0 bridgehead atoms. The van der Waals surface area contributed by atoms with Crippen LogP contribution in [0.15, 0.2) is 51.8 Å². The third kappa shape index (κ3) is 2.75. The first kappa shape index (κ1) is 16.0. The second-order valence-electron chi connectivity index (χ2n) is 5.10. The lowest BCUT2D eigenvalue weighted by atomic mass is 10.4. The van der Waals surface area contributed by atoms with Crippen LogP contribution in [0.2, 0.25) is 0 Å². The minimum Gasteiger partial charge on any atom is -0.399 e. The van der Waals surface area contributed by atoms with E-state index in [0.717, 1.165) is 14.5 Å². The van der Waals surface area contributed by atoms with Gasteiger partial charge in [0.15, 0.2) is 12.1 Å². The van der Waals surface area contributed by atoms with Crippen molar-refractivity contribution >= 4 is 55.1 Å². The monoisotopic (exact) mass is 462 g/mol. The van der Waals surface area contributed by atoms with E-state index >= 15 is 0 Å². The number of aldehydes is 1. The zero-order valence-electron chi connectivity index (χ0n) is 12.4. The molecule has 7 nitrogen and oxygen atoms in total. The van der Waals surface area contributed by atoms with Crippen molar-refractivity contribution in [1.82, 2.24) is 18.8 Å². The third-order valence-corrected chi connectivity index (χ3v) is 4.56. The van der Waals surface area contributed by atoms with Crippen LogP contribution in [-0.2, 0) is 0 Å². The van der Waals surface area contributed by atoms with Crippen LogP contribution in [-0.4, -0.2) is 31.0 Å². The molecule has 0 N–H and O–H groups in total. The van der Waals surface area contributed by atoms with Crippen LogP contribution in [0, 0.1) is 0 Å². The van der Waals surface area contributed by atoms with Crippen molar-refractivity contribution in [3.63, 3.8) is 0 Å². The van der Waals surface area contributed by atoms with Crippen LogP contribution < -0.4 is 4.74 Å². The minimum atomic E-state index is -0.667. The Morgan fingerprint density at radius 2 is 1.84 bits per heavy atom. The molecule has 0 fully saturated rings. The highest BCUT2D eigenvalue weighted by atomic mass is 79.9. The molecule has 0 atom stereocenters. The van der Waals surface area contributed by atoms with Crippen LogP contribution in [0.4, 0.5) is 0 Å². The van der Waals surface area contributed by atoms with E-state index in [0.29, 0.717) is 11.8 Å². The van der Waals surface area contributed by atoms with Crippen LogP contribution in [0.25, 0.3) is 11.0 Å². The number of carbonyl (C=O) groups excluding carboxylic acids is 2. The first-order chi connectivity index (χ1) is 12.1. The van der Waals surface area contributed by atoms with Crippen molar-refractivity contribution in [1.29, 1.82) is 0 Å². The van der Waals surface area contributed by atoms with E-state index in [4.69, 9.17) is 4.74 Å². The second-order valence-corrected chi connectivity index (χ2v) is 6.94. The molecule has 0 saturated heterocycles. The summed E-state index contributed by atoms with van der Waals surface area (Å²) in [5.74, 6) is -0.365. The van der Waals surface area contributed by atoms with Crippen molar-refractivity contribution in [3.8, 4) is 5.88 Å². The summed E-state index contributed by atoms with van der Waals surface area (Å²) in [7, 11) is 0. The fraction of sp³-hybridized carbons (Fsp3) is 0. The van der Waals surface area contributed by atoms with Gasteiger partial charge >= 0.3 is 5.97 Å². The highest BCUT2D eigenvalue weighted by Gasteiger charge is 2.20. The van der Waals surface area contributed by atoms with Gasteiger partial charge in [0.1, 0.15) is 5.52 Å². The largest absolute Gasteiger partial charge is 0.399 e. The summed E-state index contributed by atoms with van der Waals surface area (Å²) in [6, 6.07) is 7.09. The lowest BCUT2D eigenvalue weighted by molar-refractivity contribution is 0.0716. The maximum absolute atomic E-state index is 12.5. The smallest absolute Gasteiger partial charge is 0.381 e. The lowest BCUT2D eigenvalue weighted by Crippen LogP contribution is -2.13. The Bertz CT molecular complexity index is 1150. The predicted octanol–water partition coefficient (Wildman–Crippen LogP) is 3.54. The summed E-state index contributed by atoms with van der Waals surface area (Å²) in [4.78, 5) is 31.9. The molecular weight excluding hydrogens is 456 g/mol. The van der Waals surface area contributed by atoms with Gasteiger partial charge in [0.2, 0.25) is 11.7 Å². The summed E-state index contributed by atoms with van der Waals surface area (Å²) >= 11 is 6.72. The number of ether oxygens (including phenoxy) is 1. The molecule has 4 aromatic heterocycles. The first-order valence-electron chi connectivity index (χ1n) is 7.04. The highest BCUT2D eigenvalue weighted by molar-refractivity contribution is 9.10. The zero-order chi connectivity index (χ0) is 17.6. The van der Waals surface area contributed by atoms with E-state index in [2.05, 4.69) is 41.8 Å². The number of halogens is 2. The molecule has 0 aliphatic rings. The molecule has 0 unspecified atom stereocenters. The van der Waals surface area contributed by atoms with Gasteiger partial charge in [0.25, 0.3) is 0 Å². The topological polar surface area (TPSA) is 78.0 Å². The number of carbonyl (C=O) groups is 2. The van der Waals surface area contributed by atoms with Crippen molar-refractivity contribution in [2.45, 2.75) is 0 Å². The number of esters is 1. The maximum atomic E-state index is 12.5. The van der Waals surface area contributed by atoms with Crippen molar-refractivity contribution < 1.29 is 14.3 Å². The average molecular weight is 464 g/mol. The minimum absolute atomic E-state index is 0.0438. The average Bonchev–Trinajstić information content (AvgIpc) is 3.15. The predicted molar refractivity (Wildman–Crippen MR) is 96.1 cm³/mol. The summed E-state index contributed by atoms with van der Waals surface area (Å²) in [5.41, 5.74) is 1.24. The number of imidazole rings is 2. The quantitative estimate of drug-likeness (QED) is 0.343. The van der Waals surface area contributed by atoms with Crippen molar-refractivity contribution in [2.75, 3.05) is 0 Å². The molecule has 0 radical (unpaired) electrons. The fourth-order valence-corrected chi connectivity index (χ4v) is 3.16. The molecule has 124 valence electrons. The number of pyridine rings is 2. The summed E-state index contributed by atoms with van der Waals surface area (Å²) < 4.78 is 10.2. The van der Waals surface area contributed by atoms with Gasteiger partial charge in [0.05, 0.1) is 11.7 Å². The van der Waals surface area contributed by atoms with Gasteiger partial charge in [-0.05, 0) is 24.3 Å². The van der Waals surface area contributed by atoms with Crippen LogP contribution in [0.3, 0.4) is 0 Å². The van der Waals surface area contributed by atoms with E-state index in [-0.39, 0.29) is 17.5 Å². The van der Waals surface area contributed by atoms with Crippen molar-refractivity contribution in [2.24, 2.45) is 0 Å².